The van der Waals surface area contributed by atoms with E-state index in [2.05, 4.69) is 0 Å². The number of amides is 1. The third-order valence-electron chi connectivity index (χ3n) is 2.63. The highest BCUT2D eigenvalue weighted by atomic mass is 16.3. The Labute approximate surface area is 85.1 Å². The first-order chi connectivity index (χ1) is 6.63. The van der Waals surface area contributed by atoms with Crippen molar-refractivity contribution in [3.8, 4) is 0 Å². The van der Waals surface area contributed by atoms with Crippen molar-refractivity contribution in [1.29, 1.82) is 0 Å². The molecule has 2 atom stereocenters. The van der Waals surface area contributed by atoms with Crippen LogP contribution in [0.3, 0.4) is 0 Å². The van der Waals surface area contributed by atoms with E-state index < -0.39 is 0 Å². The summed E-state index contributed by atoms with van der Waals surface area (Å²) >= 11 is 0. The predicted molar refractivity (Wildman–Crippen MR) is 54.7 cm³/mol. The average Bonchev–Trinajstić information content (AvgIpc) is 2.17. The monoisotopic (exact) mass is 200 g/mol. The molecule has 0 aromatic rings. The number of nitrogens with zero attached hydrogens (tertiary/aromatic N) is 1. The fourth-order valence-corrected chi connectivity index (χ4v) is 1.85. The average molecular weight is 200 g/mol. The van der Waals surface area contributed by atoms with E-state index in [1.165, 1.54) is 0 Å². The number of hydrogen-bond acceptors (Lipinski definition) is 3. The first-order valence-electron chi connectivity index (χ1n) is 5.27. The van der Waals surface area contributed by atoms with E-state index in [1.807, 2.05) is 11.8 Å². The smallest absolute Gasteiger partial charge is 0.224 e. The van der Waals surface area contributed by atoms with Crippen molar-refractivity contribution in [3.05, 3.63) is 0 Å². The van der Waals surface area contributed by atoms with Crippen LogP contribution in [0.4, 0.5) is 0 Å². The summed E-state index contributed by atoms with van der Waals surface area (Å²) < 4.78 is 0. The van der Waals surface area contributed by atoms with Crippen LogP contribution in [0, 0.1) is 5.92 Å². The van der Waals surface area contributed by atoms with Gasteiger partial charge in [-0.3, -0.25) is 4.79 Å². The molecule has 0 saturated carbocycles. The van der Waals surface area contributed by atoms with Gasteiger partial charge in [-0.25, -0.2) is 0 Å². The first kappa shape index (κ1) is 11.5. The number of aliphatic hydroxyl groups excluding tert-OH is 1. The molecule has 82 valence electrons. The van der Waals surface area contributed by atoms with Gasteiger partial charge in [-0.1, -0.05) is 0 Å². The number of carbonyl (C=O) groups is 1. The summed E-state index contributed by atoms with van der Waals surface area (Å²) in [4.78, 5) is 13.5. The molecule has 1 rings (SSSR count). The fraction of sp³-hybridized carbons (Fsp3) is 0.900. The second kappa shape index (κ2) is 5.32. The van der Waals surface area contributed by atoms with Crippen molar-refractivity contribution in [2.75, 3.05) is 19.7 Å². The molecule has 1 fully saturated rings. The Morgan fingerprint density at radius 1 is 1.71 bits per heavy atom. The molecule has 3 N–H and O–H groups in total. The molecular weight excluding hydrogens is 180 g/mol. The van der Waals surface area contributed by atoms with Crippen LogP contribution in [0.2, 0.25) is 0 Å². The molecular formula is C10H20N2O2. The number of carbonyl (C=O) groups excluding carboxylic acids is 1. The molecule has 0 radical (unpaired) electrons. The Hall–Kier alpha value is -0.610. The first-order valence-corrected chi connectivity index (χ1v) is 5.27. The molecule has 1 aliphatic rings. The summed E-state index contributed by atoms with van der Waals surface area (Å²) in [6, 6.07) is -0.0722. The van der Waals surface area contributed by atoms with Crippen LogP contribution < -0.4 is 5.73 Å². The molecule has 1 heterocycles. The van der Waals surface area contributed by atoms with Crippen LogP contribution in [-0.2, 0) is 4.79 Å². The molecule has 2 unspecified atom stereocenters. The summed E-state index contributed by atoms with van der Waals surface area (Å²) in [5.74, 6) is 0.388. The van der Waals surface area contributed by atoms with Gasteiger partial charge in [0.05, 0.1) is 0 Å². The van der Waals surface area contributed by atoms with Crippen LogP contribution in [0.1, 0.15) is 26.2 Å². The highest BCUT2D eigenvalue weighted by Crippen LogP contribution is 2.16. The highest BCUT2D eigenvalue weighted by molar-refractivity contribution is 5.76. The minimum absolute atomic E-state index is 0.0722. The SMILES string of the molecule is CC(N)CC(=O)N1CCCC(CO)C1. The molecule has 4 heteroatoms. The predicted octanol–water partition coefficient (Wildman–Crippen LogP) is -0.0454. The van der Waals surface area contributed by atoms with Gasteiger partial charge < -0.3 is 15.7 Å². The normalized spacial score (nSPS) is 24.8. The molecule has 0 bridgehead atoms. The van der Waals surface area contributed by atoms with Gasteiger partial charge in [0.1, 0.15) is 0 Å². The second-order valence-corrected chi connectivity index (χ2v) is 4.21. The van der Waals surface area contributed by atoms with Gasteiger partial charge in [0.2, 0.25) is 5.91 Å². The van der Waals surface area contributed by atoms with Gasteiger partial charge >= 0.3 is 0 Å². The van der Waals surface area contributed by atoms with Crippen molar-refractivity contribution in [2.45, 2.75) is 32.2 Å². The highest BCUT2D eigenvalue weighted by Gasteiger charge is 2.23. The Morgan fingerprint density at radius 3 is 3.00 bits per heavy atom. The Morgan fingerprint density at radius 2 is 2.43 bits per heavy atom. The fourth-order valence-electron chi connectivity index (χ4n) is 1.85. The summed E-state index contributed by atoms with van der Waals surface area (Å²) in [6.45, 7) is 3.54. The van der Waals surface area contributed by atoms with Gasteiger partial charge in [0.25, 0.3) is 0 Å². The van der Waals surface area contributed by atoms with Crippen molar-refractivity contribution >= 4 is 5.91 Å². The van der Waals surface area contributed by atoms with Gasteiger partial charge in [-0.2, -0.15) is 0 Å². The van der Waals surface area contributed by atoms with E-state index in [1.54, 1.807) is 0 Å². The molecule has 0 spiro atoms. The summed E-state index contributed by atoms with van der Waals surface area (Å²) in [5.41, 5.74) is 5.57. The van der Waals surface area contributed by atoms with Crippen LogP contribution in [0.5, 0.6) is 0 Å². The van der Waals surface area contributed by atoms with E-state index in [0.717, 1.165) is 19.4 Å². The maximum Gasteiger partial charge on any atom is 0.224 e. The van der Waals surface area contributed by atoms with Crippen molar-refractivity contribution in [3.63, 3.8) is 0 Å². The number of likely N-dealkylation sites (tertiary alicyclic amines) is 1. The van der Waals surface area contributed by atoms with Crippen LogP contribution in [0.15, 0.2) is 0 Å². The van der Waals surface area contributed by atoms with E-state index in [9.17, 15) is 4.79 Å². The van der Waals surface area contributed by atoms with Crippen molar-refractivity contribution < 1.29 is 9.90 Å². The van der Waals surface area contributed by atoms with Crippen molar-refractivity contribution in [1.82, 2.24) is 4.90 Å². The number of piperidine rings is 1. The van der Waals surface area contributed by atoms with Gasteiger partial charge in [-0.05, 0) is 25.7 Å². The van der Waals surface area contributed by atoms with Crippen molar-refractivity contribution in [2.24, 2.45) is 11.7 Å². The Kier molecular flexibility index (Phi) is 4.35. The largest absolute Gasteiger partial charge is 0.396 e. The lowest BCUT2D eigenvalue weighted by Crippen LogP contribution is -2.42. The number of nitrogens with two attached hydrogens (primary N) is 1. The Balaban J connectivity index is 2.39. The molecule has 14 heavy (non-hydrogen) atoms. The van der Waals surface area contributed by atoms with Gasteiger partial charge in [-0.15, -0.1) is 0 Å². The minimum atomic E-state index is -0.0722. The van der Waals surface area contributed by atoms with E-state index in [0.29, 0.717) is 13.0 Å². The lowest BCUT2D eigenvalue weighted by Gasteiger charge is -2.32. The Bertz CT molecular complexity index is 195. The second-order valence-electron chi connectivity index (χ2n) is 4.21. The summed E-state index contributed by atoms with van der Waals surface area (Å²) in [5, 5.41) is 9.01. The third kappa shape index (κ3) is 3.27. The molecule has 1 saturated heterocycles. The lowest BCUT2D eigenvalue weighted by molar-refractivity contribution is -0.133. The standard InChI is InChI=1S/C10H20N2O2/c1-8(11)5-10(14)12-4-2-3-9(6-12)7-13/h8-9,13H,2-7,11H2,1H3. The molecule has 4 nitrogen and oxygen atoms in total. The molecule has 0 aliphatic carbocycles. The zero-order valence-corrected chi connectivity index (χ0v) is 8.78. The maximum atomic E-state index is 11.6. The minimum Gasteiger partial charge on any atom is -0.396 e. The number of hydrogen-bond donors (Lipinski definition) is 2. The quantitative estimate of drug-likeness (QED) is 0.671. The lowest BCUT2D eigenvalue weighted by atomic mass is 9.98. The zero-order chi connectivity index (χ0) is 10.6. The van der Waals surface area contributed by atoms with E-state index in [-0.39, 0.29) is 24.5 Å². The van der Waals surface area contributed by atoms with E-state index >= 15 is 0 Å². The van der Waals surface area contributed by atoms with E-state index in [4.69, 9.17) is 10.8 Å². The maximum absolute atomic E-state index is 11.6. The van der Waals surface area contributed by atoms with Crippen LogP contribution in [0.25, 0.3) is 0 Å². The van der Waals surface area contributed by atoms with Crippen LogP contribution >= 0.6 is 0 Å². The van der Waals surface area contributed by atoms with Gasteiger partial charge in [0.15, 0.2) is 0 Å². The summed E-state index contributed by atoms with van der Waals surface area (Å²) in [6.07, 6.45) is 2.44. The topological polar surface area (TPSA) is 66.6 Å². The number of rotatable bonds is 3. The van der Waals surface area contributed by atoms with Gasteiger partial charge in [0, 0.05) is 32.2 Å². The summed E-state index contributed by atoms with van der Waals surface area (Å²) in [7, 11) is 0. The molecule has 1 amide bonds. The number of aliphatic hydroxyl groups is 1. The molecule has 0 aromatic heterocycles. The third-order valence-corrected chi connectivity index (χ3v) is 2.63. The molecule has 0 aromatic carbocycles. The zero-order valence-electron chi connectivity index (χ0n) is 8.78. The van der Waals surface area contributed by atoms with Crippen LogP contribution in [-0.4, -0.2) is 41.7 Å². The molecule has 1 aliphatic heterocycles.